The van der Waals surface area contributed by atoms with Crippen LogP contribution >= 0.6 is 11.6 Å². The number of halogens is 1. The molecule has 162 valence electrons. The second kappa shape index (κ2) is 8.85. The van der Waals surface area contributed by atoms with Gasteiger partial charge in [0, 0.05) is 44.4 Å². The molecular weight excluding hydrogens is 418 g/mol. The summed E-state index contributed by atoms with van der Waals surface area (Å²) >= 11 is 6.04. The van der Waals surface area contributed by atoms with Crippen molar-refractivity contribution in [3.63, 3.8) is 0 Å². The van der Waals surface area contributed by atoms with Gasteiger partial charge < -0.3 is 19.1 Å². The second-order valence-electron chi connectivity index (χ2n) is 7.29. The Morgan fingerprint density at radius 1 is 1.06 bits per heavy atom. The molecule has 4 rings (SSSR count). The summed E-state index contributed by atoms with van der Waals surface area (Å²) in [5, 5.41) is 5.33. The lowest BCUT2D eigenvalue weighted by atomic mass is 10.2. The number of hydrogen-bond acceptors (Lipinski definition) is 4. The molecule has 1 saturated heterocycles. The van der Waals surface area contributed by atoms with Crippen LogP contribution in [0.3, 0.4) is 0 Å². The molecule has 1 aliphatic heterocycles. The predicted molar refractivity (Wildman–Crippen MR) is 117 cm³/mol. The lowest BCUT2D eigenvalue weighted by molar-refractivity contribution is 0.0563. The number of carbonyl (C=O) groups excluding carboxylic acids is 2. The summed E-state index contributed by atoms with van der Waals surface area (Å²) in [5.74, 6) is -0.133. The molecule has 8 nitrogen and oxygen atoms in total. The topological polar surface area (TPSA) is 72.6 Å². The summed E-state index contributed by atoms with van der Waals surface area (Å²) in [6, 6.07) is 12.9. The summed E-state index contributed by atoms with van der Waals surface area (Å²) < 4.78 is 8.67. The summed E-state index contributed by atoms with van der Waals surface area (Å²) in [6.45, 7) is 3.85. The molecule has 1 aliphatic rings. The Labute approximate surface area is 185 Å². The van der Waals surface area contributed by atoms with Gasteiger partial charge in [-0.1, -0.05) is 11.6 Å². The number of nitrogens with zero attached hydrogens (tertiary/aromatic N) is 5. The smallest absolute Gasteiger partial charge is 0.409 e. The van der Waals surface area contributed by atoms with E-state index in [0.29, 0.717) is 49.2 Å². The van der Waals surface area contributed by atoms with Gasteiger partial charge in [-0.05, 0) is 49.4 Å². The van der Waals surface area contributed by atoms with Crippen LogP contribution in [0.2, 0.25) is 5.02 Å². The van der Waals surface area contributed by atoms with Crippen LogP contribution in [0.15, 0.2) is 48.7 Å². The van der Waals surface area contributed by atoms with Gasteiger partial charge in [-0.25, -0.2) is 9.48 Å². The molecule has 0 spiro atoms. The highest BCUT2D eigenvalue weighted by Crippen LogP contribution is 2.24. The van der Waals surface area contributed by atoms with Crippen LogP contribution in [0, 0.1) is 0 Å². The van der Waals surface area contributed by atoms with Gasteiger partial charge in [0.2, 0.25) is 0 Å². The Hall–Kier alpha value is -3.26. The van der Waals surface area contributed by atoms with E-state index in [9.17, 15) is 9.59 Å². The van der Waals surface area contributed by atoms with E-state index >= 15 is 0 Å². The first-order valence-corrected chi connectivity index (χ1v) is 10.5. The largest absolute Gasteiger partial charge is 0.450 e. The molecule has 0 atom stereocenters. The number of amides is 2. The van der Waals surface area contributed by atoms with Crippen molar-refractivity contribution >= 4 is 23.6 Å². The average molecular weight is 442 g/mol. The van der Waals surface area contributed by atoms with E-state index in [4.69, 9.17) is 21.4 Å². The number of hydrogen-bond donors (Lipinski definition) is 0. The van der Waals surface area contributed by atoms with E-state index < -0.39 is 0 Å². The van der Waals surface area contributed by atoms with E-state index in [-0.39, 0.29) is 12.0 Å². The summed E-state index contributed by atoms with van der Waals surface area (Å²) in [4.78, 5) is 28.7. The van der Waals surface area contributed by atoms with Gasteiger partial charge in [-0.15, -0.1) is 0 Å². The van der Waals surface area contributed by atoms with Gasteiger partial charge in [0.1, 0.15) is 11.4 Å². The number of benzene rings is 1. The van der Waals surface area contributed by atoms with Gasteiger partial charge >= 0.3 is 6.09 Å². The van der Waals surface area contributed by atoms with Crippen molar-refractivity contribution in [2.75, 3.05) is 32.8 Å². The van der Waals surface area contributed by atoms with Crippen LogP contribution in [0.25, 0.3) is 17.1 Å². The normalized spacial score (nSPS) is 14.0. The Balaban J connectivity index is 1.63. The maximum absolute atomic E-state index is 13.4. The van der Waals surface area contributed by atoms with Gasteiger partial charge in [0.25, 0.3) is 5.91 Å². The number of ether oxygens (including phenoxy) is 1. The van der Waals surface area contributed by atoms with Crippen LogP contribution in [-0.4, -0.2) is 68.9 Å². The van der Waals surface area contributed by atoms with Crippen molar-refractivity contribution in [3.8, 4) is 17.1 Å². The zero-order valence-electron chi connectivity index (χ0n) is 17.5. The first-order chi connectivity index (χ1) is 15.0. The third kappa shape index (κ3) is 4.29. The molecule has 0 aliphatic carbocycles. The van der Waals surface area contributed by atoms with Crippen molar-refractivity contribution in [3.05, 3.63) is 59.4 Å². The molecule has 0 radical (unpaired) electrons. The third-order valence-corrected chi connectivity index (χ3v) is 5.55. The Bertz CT molecular complexity index is 1080. The highest BCUT2D eigenvalue weighted by molar-refractivity contribution is 6.30. The fourth-order valence-corrected chi connectivity index (χ4v) is 3.76. The fourth-order valence-electron chi connectivity index (χ4n) is 3.63. The van der Waals surface area contributed by atoms with Gasteiger partial charge in [0.15, 0.2) is 0 Å². The molecule has 0 N–H and O–H groups in total. The van der Waals surface area contributed by atoms with Crippen molar-refractivity contribution in [2.24, 2.45) is 7.05 Å². The molecule has 3 aromatic rings. The molecule has 2 aromatic heterocycles. The van der Waals surface area contributed by atoms with Crippen LogP contribution < -0.4 is 0 Å². The number of aryl methyl sites for hydroxylation is 1. The van der Waals surface area contributed by atoms with E-state index in [0.717, 1.165) is 11.4 Å². The summed E-state index contributed by atoms with van der Waals surface area (Å²) in [6.07, 6.45) is 1.60. The quantitative estimate of drug-likeness (QED) is 0.621. The zero-order valence-corrected chi connectivity index (χ0v) is 18.2. The second-order valence-corrected chi connectivity index (χ2v) is 7.72. The maximum atomic E-state index is 13.4. The van der Waals surface area contributed by atoms with Gasteiger partial charge in [-0.3, -0.25) is 4.79 Å². The lowest BCUT2D eigenvalue weighted by Gasteiger charge is -2.34. The Morgan fingerprint density at radius 3 is 2.35 bits per heavy atom. The molecule has 9 heteroatoms. The molecule has 2 amide bonds. The molecular formula is C22H24ClN5O3. The molecule has 31 heavy (non-hydrogen) atoms. The summed E-state index contributed by atoms with van der Waals surface area (Å²) in [7, 11) is 1.94. The summed E-state index contributed by atoms with van der Waals surface area (Å²) in [5.41, 5.74) is 2.83. The Kier molecular flexibility index (Phi) is 5.99. The minimum Gasteiger partial charge on any atom is -0.450 e. The van der Waals surface area contributed by atoms with Crippen LogP contribution in [0.5, 0.6) is 0 Å². The van der Waals surface area contributed by atoms with E-state index in [2.05, 4.69) is 0 Å². The number of rotatable bonds is 4. The van der Waals surface area contributed by atoms with Crippen LogP contribution in [-0.2, 0) is 11.8 Å². The first kappa shape index (κ1) is 21.0. The zero-order chi connectivity index (χ0) is 22.0. The fraction of sp³-hybridized carbons (Fsp3) is 0.318. The predicted octanol–water partition coefficient (Wildman–Crippen LogP) is 3.45. The van der Waals surface area contributed by atoms with E-state index in [1.807, 2.05) is 48.1 Å². The van der Waals surface area contributed by atoms with Crippen molar-refractivity contribution in [2.45, 2.75) is 6.92 Å². The van der Waals surface area contributed by atoms with Crippen LogP contribution in [0.1, 0.15) is 17.4 Å². The van der Waals surface area contributed by atoms with E-state index in [1.54, 1.807) is 33.5 Å². The minimum atomic E-state index is -0.341. The van der Waals surface area contributed by atoms with Gasteiger partial charge in [-0.2, -0.15) is 5.10 Å². The van der Waals surface area contributed by atoms with Crippen molar-refractivity contribution in [1.82, 2.24) is 24.1 Å². The highest BCUT2D eigenvalue weighted by atomic mass is 35.5. The number of piperazine rings is 1. The maximum Gasteiger partial charge on any atom is 0.409 e. The molecule has 1 aromatic carbocycles. The number of carbonyl (C=O) groups is 2. The third-order valence-electron chi connectivity index (χ3n) is 5.30. The van der Waals surface area contributed by atoms with Crippen molar-refractivity contribution in [1.29, 1.82) is 0 Å². The average Bonchev–Trinajstić information content (AvgIpc) is 3.40. The Morgan fingerprint density at radius 2 is 1.74 bits per heavy atom. The lowest BCUT2D eigenvalue weighted by Crippen LogP contribution is -2.51. The minimum absolute atomic E-state index is 0.133. The van der Waals surface area contributed by atoms with Crippen molar-refractivity contribution < 1.29 is 14.3 Å². The molecule has 0 saturated carbocycles. The standard InChI is InChI=1S/C22H24ClN5O3/c1-3-31-22(30)27-13-11-26(12-14-27)21(29)20-15-18(19-5-4-10-25(19)2)24-28(20)17-8-6-16(23)7-9-17/h4-10,15H,3,11-14H2,1-2H3. The first-order valence-electron chi connectivity index (χ1n) is 10.2. The van der Waals surface area contributed by atoms with E-state index in [1.165, 1.54) is 0 Å². The van der Waals surface area contributed by atoms with Gasteiger partial charge in [0.05, 0.1) is 18.0 Å². The highest BCUT2D eigenvalue weighted by Gasteiger charge is 2.28. The molecule has 0 unspecified atom stereocenters. The molecule has 0 bridgehead atoms. The molecule has 3 heterocycles. The SMILES string of the molecule is CCOC(=O)N1CCN(C(=O)c2cc(-c3cccn3C)nn2-c2ccc(Cl)cc2)CC1. The molecule has 1 fully saturated rings. The number of aromatic nitrogens is 3. The van der Waals surface area contributed by atoms with Crippen LogP contribution in [0.4, 0.5) is 4.79 Å². The monoisotopic (exact) mass is 441 g/mol.